The summed E-state index contributed by atoms with van der Waals surface area (Å²) in [6.07, 6.45) is 3.45. The van der Waals surface area contributed by atoms with Crippen molar-refractivity contribution < 1.29 is 4.74 Å². The zero-order chi connectivity index (χ0) is 13.7. The van der Waals surface area contributed by atoms with E-state index in [9.17, 15) is 0 Å². The van der Waals surface area contributed by atoms with Crippen LogP contribution in [-0.4, -0.2) is 11.0 Å². The lowest BCUT2D eigenvalue weighted by Gasteiger charge is -2.12. The molecule has 1 heterocycles. The van der Waals surface area contributed by atoms with Crippen LogP contribution in [0.3, 0.4) is 0 Å². The molecule has 19 heavy (non-hydrogen) atoms. The van der Waals surface area contributed by atoms with Gasteiger partial charge >= 0.3 is 0 Å². The average Bonchev–Trinajstić information content (AvgIpc) is 2.40. The van der Waals surface area contributed by atoms with Crippen LogP contribution in [0.4, 0.5) is 0 Å². The Morgan fingerprint density at radius 2 is 2.11 bits per heavy atom. The van der Waals surface area contributed by atoms with Crippen molar-refractivity contribution in [2.75, 3.05) is 0 Å². The van der Waals surface area contributed by atoms with Gasteiger partial charge in [-0.05, 0) is 36.2 Å². The SMILES string of the molecule is Cc1cc(CNC(C)C)ccc1Oc1cccnc1. The molecule has 0 fully saturated rings. The summed E-state index contributed by atoms with van der Waals surface area (Å²) < 4.78 is 5.81. The highest BCUT2D eigenvalue weighted by Crippen LogP contribution is 2.25. The Morgan fingerprint density at radius 3 is 2.74 bits per heavy atom. The van der Waals surface area contributed by atoms with Crippen molar-refractivity contribution in [2.45, 2.75) is 33.4 Å². The van der Waals surface area contributed by atoms with Crippen molar-refractivity contribution in [3.8, 4) is 11.5 Å². The molecule has 1 aromatic carbocycles. The molecule has 2 aromatic rings. The third kappa shape index (κ3) is 4.07. The number of aryl methyl sites for hydroxylation is 1. The number of benzene rings is 1. The van der Waals surface area contributed by atoms with Gasteiger partial charge in [0, 0.05) is 18.8 Å². The first-order valence-corrected chi connectivity index (χ1v) is 6.56. The molecular weight excluding hydrogens is 236 g/mol. The summed E-state index contributed by atoms with van der Waals surface area (Å²) in [6, 6.07) is 10.5. The van der Waals surface area contributed by atoms with Crippen molar-refractivity contribution in [2.24, 2.45) is 0 Å². The predicted octanol–water partition coefficient (Wildman–Crippen LogP) is 3.68. The van der Waals surface area contributed by atoms with E-state index in [1.807, 2.05) is 18.2 Å². The fourth-order valence-electron chi connectivity index (χ4n) is 1.79. The lowest BCUT2D eigenvalue weighted by atomic mass is 10.1. The van der Waals surface area contributed by atoms with Crippen LogP contribution in [0.25, 0.3) is 0 Å². The molecule has 100 valence electrons. The molecule has 0 unspecified atom stereocenters. The zero-order valence-electron chi connectivity index (χ0n) is 11.7. The van der Waals surface area contributed by atoms with Crippen LogP contribution in [0.5, 0.6) is 11.5 Å². The molecular formula is C16H20N2O. The normalized spacial score (nSPS) is 10.7. The Morgan fingerprint density at radius 1 is 1.26 bits per heavy atom. The maximum Gasteiger partial charge on any atom is 0.145 e. The molecule has 3 nitrogen and oxygen atoms in total. The molecule has 3 heteroatoms. The lowest BCUT2D eigenvalue weighted by Crippen LogP contribution is -2.21. The fourth-order valence-corrected chi connectivity index (χ4v) is 1.79. The molecule has 0 aliphatic heterocycles. The van der Waals surface area contributed by atoms with E-state index in [4.69, 9.17) is 4.74 Å². The second-order valence-electron chi connectivity index (χ2n) is 4.93. The first kappa shape index (κ1) is 13.6. The largest absolute Gasteiger partial charge is 0.455 e. The maximum atomic E-state index is 5.81. The van der Waals surface area contributed by atoms with Crippen molar-refractivity contribution >= 4 is 0 Å². The van der Waals surface area contributed by atoms with E-state index in [2.05, 4.69) is 43.2 Å². The van der Waals surface area contributed by atoms with Gasteiger partial charge in [0.1, 0.15) is 11.5 Å². The van der Waals surface area contributed by atoms with Crippen molar-refractivity contribution in [1.82, 2.24) is 10.3 Å². The smallest absolute Gasteiger partial charge is 0.145 e. The highest BCUT2D eigenvalue weighted by molar-refractivity contribution is 5.39. The fraction of sp³-hybridized carbons (Fsp3) is 0.312. The minimum Gasteiger partial charge on any atom is -0.455 e. The van der Waals surface area contributed by atoms with Gasteiger partial charge in [-0.2, -0.15) is 0 Å². The Labute approximate surface area is 114 Å². The standard InChI is InChI=1S/C16H20N2O/c1-12(2)18-10-14-6-7-16(13(3)9-14)19-15-5-4-8-17-11-15/h4-9,11-12,18H,10H2,1-3H3. The van der Waals surface area contributed by atoms with Gasteiger partial charge in [0.25, 0.3) is 0 Å². The number of hydrogen-bond acceptors (Lipinski definition) is 3. The number of nitrogens with zero attached hydrogens (tertiary/aromatic N) is 1. The highest BCUT2D eigenvalue weighted by Gasteiger charge is 2.03. The Kier molecular flexibility index (Phi) is 4.53. The Bertz CT molecular complexity index is 524. The molecule has 0 bridgehead atoms. The Balaban J connectivity index is 2.07. The summed E-state index contributed by atoms with van der Waals surface area (Å²) in [5, 5.41) is 3.41. The number of ether oxygens (including phenoxy) is 1. The topological polar surface area (TPSA) is 34.1 Å². The Hall–Kier alpha value is -1.87. The van der Waals surface area contributed by atoms with E-state index in [0.29, 0.717) is 6.04 Å². The van der Waals surface area contributed by atoms with Crippen LogP contribution in [0.15, 0.2) is 42.7 Å². The van der Waals surface area contributed by atoms with Gasteiger partial charge in [0.2, 0.25) is 0 Å². The summed E-state index contributed by atoms with van der Waals surface area (Å²) >= 11 is 0. The minimum absolute atomic E-state index is 0.492. The third-order valence-corrected chi connectivity index (χ3v) is 2.82. The van der Waals surface area contributed by atoms with Gasteiger partial charge < -0.3 is 10.1 Å². The molecule has 0 atom stereocenters. The van der Waals surface area contributed by atoms with Crippen LogP contribution in [0.1, 0.15) is 25.0 Å². The highest BCUT2D eigenvalue weighted by atomic mass is 16.5. The second-order valence-corrected chi connectivity index (χ2v) is 4.93. The van der Waals surface area contributed by atoms with Gasteiger partial charge in [-0.3, -0.25) is 4.98 Å². The molecule has 0 amide bonds. The third-order valence-electron chi connectivity index (χ3n) is 2.82. The van der Waals surface area contributed by atoms with E-state index in [0.717, 1.165) is 23.6 Å². The predicted molar refractivity (Wildman–Crippen MR) is 77.5 cm³/mol. The zero-order valence-corrected chi connectivity index (χ0v) is 11.7. The van der Waals surface area contributed by atoms with Crippen LogP contribution in [0, 0.1) is 6.92 Å². The van der Waals surface area contributed by atoms with E-state index < -0.39 is 0 Å². The van der Waals surface area contributed by atoms with Gasteiger partial charge in [0.05, 0.1) is 6.20 Å². The van der Waals surface area contributed by atoms with Gasteiger partial charge in [-0.25, -0.2) is 0 Å². The number of hydrogen-bond donors (Lipinski definition) is 1. The summed E-state index contributed by atoms with van der Waals surface area (Å²) in [5.74, 6) is 1.64. The van der Waals surface area contributed by atoms with E-state index in [1.54, 1.807) is 12.4 Å². The monoisotopic (exact) mass is 256 g/mol. The molecule has 0 aliphatic rings. The van der Waals surface area contributed by atoms with Crippen molar-refractivity contribution in [3.05, 3.63) is 53.9 Å². The maximum absolute atomic E-state index is 5.81. The molecule has 1 N–H and O–H groups in total. The van der Waals surface area contributed by atoms with Crippen molar-refractivity contribution in [3.63, 3.8) is 0 Å². The van der Waals surface area contributed by atoms with Gasteiger partial charge in [-0.15, -0.1) is 0 Å². The second kappa shape index (κ2) is 6.34. The lowest BCUT2D eigenvalue weighted by molar-refractivity contribution is 0.476. The molecule has 0 saturated carbocycles. The van der Waals surface area contributed by atoms with E-state index in [1.165, 1.54) is 5.56 Å². The van der Waals surface area contributed by atoms with E-state index in [-0.39, 0.29) is 0 Å². The van der Waals surface area contributed by atoms with E-state index >= 15 is 0 Å². The first-order valence-electron chi connectivity index (χ1n) is 6.56. The summed E-state index contributed by atoms with van der Waals surface area (Å²) in [4.78, 5) is 4.04. The summed E-state index contributed by atoms with van der Waals surface area (Å²) in [5.41, 5.74) is 2.40. The van der Waals surface area contributed by atoms with Crippen LogP contribution < -0.4 is 10.1 Å². The number of aromatic nitrogens is 1. The summed E-state index contributed by atoms with van der Waals surface area (Å²) in [7, 11) is 0. The minimum atomic E-state index is 0.492. The van der Waals surface area contributed by atoms with Crippen LogP contribution in [0.2, 0.25) is 0 Å². The molecule has 0 spiro atoms. The molecule has 2 rings (SSSR count). The summed E-state index contributed by atoms with van der Waals surface area (Å²) in [6.45, 7) is 7.23. The van der Waals surface area contributed by atoms with Crippen molar-refractivity contribution in [1.29, 1.82) is 0 Å². The van der Waals surface area contributed by atoms with Gasteiger partial charge in [-0.1, -0.05) is 26.0 Å². The molecule has 0 radical (unpaired) electrons. The molecule has 0 saturated heterocycles. The number of rotatable bonds is 5. The number of nitrogens with one attached hydrogen (secondary N) is 1. The van der Waals surface area contributed by atoms with Gasteiger partial charge in [0.15, 0.2) is 0 Å². The molecule has 0 aliphatic carbocycles. The van der Waals surface area contributed by atoms with Crippen LogP contribution in [-0.2, 0) is 6.54 Å². The average molecular weight is 256 g/mol. The quantitative estimate of drug-likeness (QED) is 0.886. The molecule has 1 aromatic heterocycles. The first-order chi connectivity index (χ1) is 9.15. The van der Waals surface area contributed by atoms with Crippen LogP contribution >= 0.6 is 0 Å². The number of pyridine rings is 1.